The molecule has 1 unspecified atom stereocenters. The van der Waals surface area contributed by atoms with E-state index in [1.807, 2.05) is 12.1 Å². The lowest BCUT2D eigenvalue weighted by Crippen LogP contribution is -2.22. The Morgan fingerprint density at radius 3 is 2.81 bits per heavy atom. The van der Waals surface area contributed by atoms with Crippen LogP contribution in [0.4, 0.5) is 5.69 Å². The van der Waals surface area contributed by atoms with Gasteiger partial charge in [0.25, 0.3) is 0 Å². The highest BCUT2D eigenvalue weighted by Crippen LogP contribution is 2.18. The van der Waals surface area contributed by atoms with Gasteiger partial charge >= 0.3 is 5.97 Å². The van der Waals surface area contributed by atoms with Crippen molar-refractivity contribution in [2.24, 2.45) is 5.16 Å². The zero-order valence-electron chi connectivity index (χ0n) is 8.84. The van der Waals surface area contributed by atoms with Gasteiger partial charge in [-0.3, -0.25) is 0 Å². The third-order valence-electron chi connectivity index (χ3n) is 2.38. The first kappa shape index (κ1) is 10.5. The van der Waals surface area contributed by atoms with Crippen LogP contribution in [-0.4, -0.2) is 24.9 Å². The quantitative estimate of drug-likeness (QED) is 0.594. The van der Waals surface area contributed by atoms with Crippen molar-refractivity contribution in [1.29, 1.82) is 0 Å². The number of methoxy groups -OCH3 is 1. The summed E-state index contributed by atoms with van der Waals surface area (Å²) in [6.45, 7) is 0. The molecule has 0 saturated carbocycles. The highest BCUT2D eigenvalue weighted by molar-refractivity contribution is 6.03. The first-order valence-electron chi connectivity index (χ1n) is 4.87. The lowest BCUT2D eigenvalue weighted by atomic mass is 10.0. The summed E-state index contributed by atoms with van der Waals surface area (Å²) < 4.78 is 4.58. The van der Waals surface area contributed by atoms with Gasteiger partial charge in [0.15, 0.2) is 0 Å². The Hall–Kier alpha value is -2.04. The average molecular weight is 220 g/mol. The lowest BCUT2D eigenvalue weighted by Gasteiger charge is -2.04. The topological polar surface area (TPSA) is 73.9 Å². The molecule has 1 aromatic rings. The first-order valence-corrected chi connectivity index (χ1v) is 4.87. The molecular formula is C11H12N2O3. The fourth-order valence-electron chi connectivity index (χ4n) is 1.48. The maximum Gasteiger partial charge on any atom is 0.350 e. The smallest absolute Gasteiger partial charge is 0.350 e. The van der Waals surface area contributed by atoms with Crippen molar-refractivity contribution in [2.45, 2.75) is 12.5 Å². The van der Waals surface area contributed by atoms with Gasteiger partial charge in [0.2, 0.25) is 6.10 Å². The molecule has 1 atom stereocenters. The number of oxime groups is 1. The molecule has 0 radical (unpaired) electrons. The number of carbonyl (C=O) groups excluding carboxylic acids is 1. The molecule has 1 aliphatic rings. The molecule has 2 N–H and O–H groups in total. The molecule has 0 saturated heterocycles. The summed E-state index contributed by atoms with van der Waals surface area (Å²) in [6, 6.07) is 7.25. The van der Waals surface area contributed by atoms with Gasteiger partial charge < -0.3 is 15.3 Å². The number of hydrogen-bond acceptors (Lipinski definition) is 5. The van der Waals surface area contributed by atoms with E-state index < -0.39 is 12.1 Å². The number of anilines is 1. The maximum absolute atomic E-state index is 11.2. The minimum Gasteiger partial charge on any atom is -0.466 e. The van der Waals surface area contributed by atoms with Gasteiger partial charge in [-0.25, -0.2) is 4.79 Å². The number of benzene rings is 1. The zero-order valence-corrected chi connectivity index (χ0v) is 8.84. The molecule has 5 nitrogen and oxygen atoms in total. The summed E-state index contributed by atoms with van der Waals surface area (Å²) in [5.41, 5.74) is 7.90. The Balaban J connectivity index is 2.08. The van der Waals surface area contributed by atoms with Crippen LogP contribution in [0.1, 0.15) is 12.0 Å². The summed E-state index contributed by atoms with van der Waals surface area (Å²) in [5, 5.41) is 3.86. The fraction of sp³-hybridized carbons (Fsp3) is 0.273. The highest BCUT2D eigenvalue weighted by Gasteiger charge is 2.29. The number of ether oxygens (including phenoxy) is 1. The summed E-state index contributed by atoms with van der Waals surface area (Å²) >= 11 is 0. The van der Waals surface area contributed by atoms with Crippen LogP contribution in [0, 0.1) is 0 Å². The van der Waals surface area contributed by atoms with E-state index in [2.05, 4.69) is 9.89 Å². The van der Waals surface area contributed by atoms with Crippen LogP contribution in [0.2, 0.25) is 0 Å². The van der Waals surface area contributed by atoms with E-state index in [1.54, 1.807) is 12.1 Å². The van der Waals surface area contributed by atoms with Crippen LogP contribution in [-0.2, 0) is 14.4 Å². The molecule has 0 fully saturated rings. The van der Waals surface area contributed by atoms with Crippen molar-refractivity contribution in [2.75, 3.05) is 12.8 Å². The van der Waals surface area contributed by atoms with Crippen LogP contribution in [0.25, 0.3) is 0 Å². The average Bonchev–Trinajstić information content (AvgIpc) is 2.78. The van der Waals surface area contributed by atoms with Gasteiger partial charge in [0.05, 0.1) is 12.8 Å². The summed E-state index contributed by atoms with van der Waals surface area (Å²) in [7, 11) is 1.33. The molecule has 16 heavy (non-hydrogen) atoms. The van der Waals surface area contributed by atoms with E-state index in [0.29, 0.717) is 12.1 Å². The van der Waals surface area contributed by atoms with Crippen molar-refractivity contribution in [3.8, 4) is 0 Å². The third-order valence-corrected chi connectivity index (χ3v) is 2.38. The monoisotopic (exact) mass is 220 g/mol. The molecule has 1 aliphatic heterocycles. The predicted octanol–water partition coefficient (Wildman–Crippen LogP) is 0.935. The summed E-state index contributed by atoms with van der Waals surface area (Å²) in [4.78, 5) is 16.2. The van der Waals surface area contributed by atoms with Crippen LogP contribution >= 0.6 is 0 Å². The van der Waals surface area contributed by atoms with Gasteiger partial charge in [0, 0.05) is 12.1 Å². The number of nitrogens with two attached hydrogens (primary N) is 1. The van der Waals surface area contributed by atoms with Crippen LogP contribution in [0.5, 0.6) is 0 Å². The van der Waals surface area contributed by atoms with E-state index >= 15 is 0 Å². The van der Waals surface area contributed by atoms with E-state index in [0.717, 1.165) is 11.3 Å². The number of esters is 1. The van der Waals surface area contributed by atoms with E-state index in [-0.39, 0.29) is 0 Å². The Morgan fingerprint density at radius 2 is 2.19 bits per heavy atom. The highest BCUT2D eigenvalue weighted by atomic mass is 16.7. The molecule has 0 bridgehead atoms. The number of rotatable bonds is 2. The van der Waals surface area contributed by atoms with Gasteiger partial charge in [-0.1, -0.05) is 17.3 Å². The van der Waals surface area contributed by atoms with Crippen molar-refractivity contribution < 1.29 is 14.4 Å². The second kappa shape index (κ2) is 4.22. The molecule has 0 spiro atoms. The van der Waals surface area contributed by atoms with Crippen LogP contribution in [0.3, 0.4) is 0 Å². The van der Waals surface area contributed by atoms with E-state index in [1.165, 1.54) is 7.11 Å². The van der Waals surface area contributed by atoms with E-state index in [9.17, 15) is 4.79 Å². The summed E-state index contributed by atoms with van der Waals surface area (Å²) in [5.74, 6) is -0.408. The molecule has 84 valence electrons. The first-order chi connectivity index (χ1) is 7.70. The largest absolute Gasteiger partial charge is 0.466 e. The van der Waals surface area contributed by atoms with Crippen molar-refractivity contribution >= 4 is 17.4 Å². The molecule has 0 aliphatic carbocycles. The minimum absolute atomic E-state index is 0.408. The Labute approximate surface area is 92.8 Å². The summed E-state index contributed by atoms with van der Waals surface area (Å²) in [6.07, 6.45) is -0.200. The van der Waals surface area contributed by atoms with Gasteiger partial charge in [-0.15, -0.1) is 0 Å². The number of nitrogen functional groups attached to an aromatic ring is 1. The van der Waals surface area contributed by atoms with Gasteiger partial charge in [0.1, 0.15) is 0 Å². The minimum atomic E-state index is -0.627. The van der Waals surface area contributed by atoms with E-state index in [4.69, 9.17) is 10.6 Å². The van der Waals surface area contributed by atoms with Gasteiger partial charge in [-0.2, -0.15) is 0 Å². The van der Waals surface area contributed by atoms with Gasteiger partial charge in [-0.05, 0) is 17.7 Å². The number of carbonyl (C=O) groups is 1. The molecule has 2 rings (SSSR count). The Kier molecular flexibility index (Phi) is 2.76. The van der Waals surface area contributed by atoms with Crippen molar-refractivity contribution in [3.05, 3.63) is 29.8 Å². The molecular weight excluding hydrogens is 208 g/mol. The van der Waals surface area contributed by atoms with Crippen LogP contribution < -0.4 is 5.73 Å². The molecule has 1 heterocycles. The lowest BCUT2D eigenvalue weighted by molar-refractivity contribution is -0.152. The second-order valence-electron chi connectivity index (χ2n) is 3.48. The third kappa shape index (κ3) is 1.98. The normalized spacial score (nSPS) is 18.8. The van der Waals surface area contributed by atoms with Crippen molar-refractivity contribution in [1.82, 2.24) is 0 Å². The van der Waals surface area contributed by atoms with Crippen molar-refractivity contribution in [3.63, 3.8) is 0 Å². The number of nitrogens with zero attached hydrogens (tertiary/aromatic N) is 1. The fourth-order valence-corrected chi connectivity index (χ4v) is 1.48. The van der Waals surface area contributed by atoms with Crippen LogP contribution in [0.15, 0.2) is 29.4 Å². The SMILES string of the molecule is COC(=O)C1CC(c2ccc(N)cc2)=NO1. The molecule has 0 amide bonds. The second-order valence-corrected chi connectivity index (χ2v) is 3.48. The molecule has 0 aromatic heterocycles. The standard InChI is InChI=1S/C11H12N2O3/c1-15-11(14)10-6-9(13-16-10)7-2-4-8(12)5-3-7/h2-5,10H,6,12H2,1H3. The molecule has 1 aromatic carbocycles. The number of hydrogen-bond donors (Lipinski definition) is 1. The zero-order chi connectivity index (χ0) is 11.5. The molecule has 5 heteroatoms. The predicted molar refractivity (Wildman–Crippen MR) is 58.9 cm³/mol. The Morgan fingerprint density at radius 1 is 1.50 bits per heavy atom. The Bertz CT molecular complexity index is 425. The maximum atomic E-state index is 11.2.